The Hall–Kier alpha value is -4.16. The summed E-state index contributed by atoms with van der Waals surface area (Å²) >= 11 is 5.99. The zero-order chi connectivity index (χ0) is 26.1. The largest absolute Gasteiger partial charge is 0.497 e. The molecule has 6 nitrogen and oxygen atoms in total. The van der Waals surface area contributed by atoms with E-state index < -0.39 is 6.23 Å². The number of benzene rings is 4. The number of nitrogens with zero attached hydrogens (tertiary/aromatic N) is 2. The summed E-state index contributed by atoms with van der Waals surface area (Å²) in [5, 5.41) is 7.83. The Morgan fingerprint density at radius 1 is 0.868 bits per heavy atom. The Kier molecular flexibility index (Phi) is 6.56. The van der Waals surface area contributed by atoms with Crippen molar-refractivity contribution in [3.63, 3.8) is 0 Å². The molecule has 0 bridgehead atoms. The van der Waals surface area contributed by atoms with Crippen LogP contribution in [0.3, 0.4) is 0 Å². The third-order valence-electron chi connectivity index (χ3n) is 6.91. The fourth-order valence-corrected chi connectivity index (χ4v) is 5.02. The maximum Gasteiger partial charge on any atom is 0.214 e. The van der Waals surface area contributed by atoms with E-state index in [1.807, 2.05) is 84.9 Å². The van der Waals surface area contributed by atoms with E-state index in [1.54, 1.807) is 14.2 Å². The van der Waals surface area contributed by atoms with Crippen LogP contribution in [0.4, 0.5) is 0 Å². The molecular formula is C31H27ClN2O4. The maximum absolute atomic E-state index is 6.58. The Morgan fingerprint density at radius 3 is 2.32 bits per heavy atom. The highest BCUT2D eigenvalue weighted by Crippen LogP contribution is 2.50. The van der Waals surface area contributed by atoms with Crippen molar-refractivity contribution >= 4 is 17.3 Å². The molecule has 0 saturated carbocycles. The number of para-hydroxylation sites is 1. The lowest BCUT2D eigenvalue weighted by Gasteiger charge is -2.38. The second kappa shape index (κ2) is 10.3. The average Bonchev–Trinajstić information content (AvgIpc) is 3.42. The SMILES string of the molecule is COc1ccc(C2=NN3C(C2)c2cccc(OC)c2OC3c2ccc(OCc3ccc(Cl)cc3)cc2)cc1. The summed E-state index contributed by atoms with van der Waals surface area (Å²) in [7, 11) is 3.34. The Bertz CT molecular complexity index is 1450. The molecular weight excluding hydrogens is 500 g/mol. The van der Waals surface area contributed by atoms with Gasteiger partial charge in [0.1, 0.15) is 18.1 Å². The monoisotopic (exact) mass is 526 g/mol. The topological polar surface area (TPSA) is 52.5 Å². The number of hydrogen-bond acceptors (Lipinski definition) is 6. The minimum Gasteiger partial charge on any atom is -0.497 e. The van der Waals surface area contributed by atoms with Crippen molar-refractivity contribution in [1.82, 2.24) is 5.01 Å². The molecule has 0 radical (unpaired) electrons. The summed E-state index contributed by atoms with van der Waals surface area (Å²) in [6, 6.07) is 29.7. The van der Waals surface area contributed by atoms with Gasteiger partial charge in [-0.2, -0.15) is 5.10 Å². The van der Waals surface area contributed by atoms with Gasteiger partial charge < -0.3 is 18.9 Å². The molecule has 0 spiro atoms. The number of hydrogen-bond donors (Lipinski definition) is 0. The highest BCUT2D eigenvalue weighted by Gasteiger charge is 2.42. The number of hydrazone groups is 1. The highest BCUT2D eigenvalue weighted by atomic mass is 35.5. The summed E-state index contributed by atoms with van der Waals surface area (Å²) in [5.74, 6) is 3.07. The quantitative estimate of drug-likeness (QED) is 0.255. The van der Waals surface area contributed by atoms with Crippen molar-refractivity contribution in [3.8, 4) is 23.0 Å². The van der Waals surface area contributed by atoms with Crippen LogP contribution < -0.4 is 18.9 Å². The Morgan fingerprint density at radius 2 is 1.61 bits per heavy atom. The van der Waals surface area contributed by atoms with Gasteiger partial charge in [0.05, 0.1) is 26.0 Å². The zero-order valence-corrected chi connectivity index (χ0v) is 21.9. The predicted octanol–water partition coefficient (Wildman–Crippen LogP) is 7.18. The van der Waals surface area contributed by atoms with E-state index >= 15 is 0 Å². The number of halogens is 1. The molecule has 0 aliphatic carbocycles. The summed E-state index contributed by atoms with van der Waals surface area (Å²) in [4.78, 5) is 0. The molecule has 0 saturated heterocycles. The first kappa shape index (κ1) is 24.2. The van der Waals surface area contributed by atoms with Crippen molar-refractivity contribution in [3.05, 3.63) is 118 Å². The van der Waals surface area contributed by atoms with Gasteiger partial charge in [0, 0.05) is 22.6 Å². The molecule has 4 aromatic rings. The van der Waals surface area contributed by atoms with Crippen molar-refractivity contribution in [2.24, 2.45) is 5.10 Å². The normalized spacial score (nSPS) is 17.7. The summed E-state index contributed by atoms with van der Waals surface area (Å²) in [6.45, 7) is 0.463. The van der Waals surface area contributed by atoms with Gasteiger partial charge in [0.25, 0.3) is 0 Å². The molecule has 192 valence electrons. The molecule has 0 aromatic heterocycles. The van der Waals surface area contributed by atoms with Crippen molar-refractivity contribution in [2.45, 2.75) is 25.3 Å². The van der Waals surface area contributed by atoms with Gasteiger partial charge in [-0.05, 0) is 77.9 Å². The lowest BCUT2D eigenvalue weighted by molar-refractivity contribution is -0.0209. The zero-order valence-electron chi connectivity index (χ0n) is 21.1. The minimum atomic E-state index is -0.412. The Balaban J connectivity index is 1.29. The molecule has 2 heterocycles. The van der Waals surface area contributed by atoms with Gasteiger partial charge in [-0.3, -0.25) is 0 Å². The molecule has 4 aromatic carbocycles. The van der Waals surface area contributed by atoms with Crippen LogP contribution in [0.1, 0.15) is 40.9 Å². The van der Waals surface area contributed by atoms with Crippen molar-refractivity contribution in [2.75, 3.05) is 14.2 Å². The van der Waals surface area contributed by atoms with Crippen LogP contribution in [-0.4, -0.2) is 24.9 Å². The van der Waals surface area contributed by atoms with E-state index in [0.717, 1.165) is 51.6 Å². The van der Waals surface area contributed by atoms with Crippen molar-refractivity contribution in [1.29, 1.82) is 0 Å². The molecule has 0 N–H and O–H groups in total. The second-order valence-corrected chi connectivity index (χ2v) is 9.64. The van der Waals surface area contributed by atoms with Crippen LogP contribution in [0.25, 0.3) is 0 Å². The van der Waals surface area contributed by atoms with E-state index in [0.29, 0.717) is 17.4 Å². The predicted molar refractivity (Wildman–Crippen MR) is 147 cm³/mol. The van der Waals surface area contributed by atoms with E-state index in [1.165, 1.54) is 0 Å². The first-order valence-corrected chi connectivity index (χ1v) is 12.8. The third-order valence-corrected chi connectivity index (χ3v) is 7.16. The number of fused-ring (bicyclic) bond motifs is 3. The summed E-state index contributed by atoms with van der Waals surface area (Å²) in [5.41, 5.74) is 5.16. The van der Waals surface area contributed by atoms with Crippen molar-refractivity contribution < 1.29 is 18.9 Å². The number of methoxy groups -OCH3 is 2. The van der Waals surface area contributed by atoms with E-state index in [4.69, 9.17) is 35.6 Å². The van der Waals surface area contributed by atoms with Crippen LogP contribution in [0.15, 0.2) is 96.1 Å². The standard InChI is InChI=1S/C31H27ClN2O4/c1-35-24-14-8-21(9-15-24)27-18-28-26-4-3-5-29(36-2)30(26)38-31(34(28)33-27)22-10-16-25(17-11-22)37-19-20-6-12-23(32)13-7-20/h3-17,28,31H,18-19H2,1-2H3. The first-order chi connectivity index (χ1) is 18.6. The van der Waals surface area contributed by atoms with E-state index in [2.05, 4.69) is 11.1 Å². The lowest BCUT2D eigenvalue weighted by Crippen LogP contribution is -2.33. The van der Waals surface area contributed by atoms with Crippen LogP contribution in [-0.2, 0) is 6.61 Å². The lowest BCUT2D eigenvalue weighted by atomic mass is 9.95. The van der Waals surface area contributed by atoms with Gasteiger partial charge in [-0.15, -0.1) is 0 Å². The van der Waals surface area contributed by atoms with E-state index in [9.17, 15) is 0 Å². The maximum atomic E-state index is 6.58. The van der Waals surface area contributed by atoms with Gasteiger partial charge in [-0.25, -0.2) is 5.01 Å². The minimum absolute atomic E-state index is 0.0248. The highest BCUT2D eigenvalue weighted by molar-refractivity contribution is 6.30. The molecule has 38 heavy (non-hydrogen) atoms. The second-order valence-electron chi connectivity index (χ2n) is 9.21. The van der Waals surface area contributed by atoms with Gasteiger partial charge in [-0.1, -0.05) is 35.9 Å². The summed E-state index contributed by atoms with van der Waals surface area (Å²) < 4.78 is 23.6. The van der Waals surface area contributed by atoms with Gasteiger partial charge >= 0.3 is 0 Å². The average molecular weight is 527 g/mol. The first-order valence-electron chi connectivity index (χ1n) is 12.4. The molecule has 0 fully saturated rings. The third kappa shape index (κ3) is 4.63. The fraction of sp³-hybridized carbons (Fsp3) is 0.194. The molecule has 0 amide bonds. The molecule has 2 atom stereocenters. The molecule has 6 rings (SSSR count). The molecule has 2 unspecified atom stereocenters. The van der Waals surface area contributed by atoms with Crippen LogP contribution in [0.5, 0.6) is 23.0 Å². The smallest absolute Gasteiger partial charge is 0.214 e. The van der Waals surface area contributed by atoms with Crippen LogP contribution in [0.2, 0.25) is 5.02 Å². The number of ether oxygens (including phenoxy) is 4. The van der Waals surface area contributed by atoms with Gasteiger partial charge in [0.15, 0.2) is 11.5 Å². The molecule has 2 aliphatic rings. The number of rotatable bonds is 7. The van der Waals surface area contributed by atoms with Crippen LogP contribution in [0, 0.1) is 0 Å². The van der Waals surface area contributed by atoms with E-state index in [-0.39, 0.29) is 6.04 Å². The molecule has 2 aliphatic heterocycles. The Labute approximate surface area is 227 Å². The van der Waals surface area contributed by atoms with Crippen LogP contribution >= 0.6 is 11.6 Å². The molecule has 7 heteroatoms. The summed E-state index contributed by atoms with van der Waals surface area (Å²) in [6.07, 6.45) is 0.346. The fourth-order valence-electron chi connectivity index (χ4n) is 4.90. The van der Waals surface area contributed by atoms with Gasteiger partial charge in [0.2, 0.25) is 6.23 Å².